The van der Waals surface area contributed by atoms with Gasteiger partial charge < -0.3 is 5.73 Å². The van der Waals surface area contributed by atoms with Crippen LogP contribution in [0.1, 0.15) is 33.1 Å². The third-order valence-corrected chi connectivity index (χ3v) is 4.21. The molecule has 0 bridgehead atoms. The molecule has 2 saturated heterocycles. The van der Waals surface area contributed by atoms with Crippen molar-refractivity contribution in [1.29, 1.82) is 0 Å². The van der Waals surface area contributed by atoms with Crippen molar-refractivity contribution in [2.45, 2.75) is 51.2 Å². The minimum Gasteiger partial charge on any atom is -0.393 e. The van der Waals surface area contributed by atoms with E-state index >= 15 is 0 Å². The van der Waals surface area contributed by atoms with Crippen LogP contribution in [0.25, 0.3) is 0 Å². The van der Waals surface area contributed by atoms with Crippen LogP contribution >= 0.6 is 12.2 Å². The zero-order valence-electron chi connectivity index (χ0n) is 10.4. The molecule has 0 saturated carbocycles. The fourth-order valence-corrected chi connectivity index (χ4v) is 3.47. The first-order valence-electron chi connectivity index (χ1n) is 6.36. The van der Waals surface area contributed by atoms with E-state index < -0.39 is 0 Å². The zero-order valence-corrected chi connectivity index (χ0v) is 11.2. The first kappa shape index (κ1) is 12.3. The van der Waals surface area contributed by atoms with E-state index in [4.69, 9.17) is 18.0 Å². The van der Waals surface area contributed by atoms with E-state index in [1.807, 2.05) is 0 Å². The van der Waals surface area contributed by atoms with Crippen molar-refractivity contribution < 1.29 is 0 Å². The van der Waals surface area contributed by atoms with Gasteiger partial charge in [0.05, 0.1) is 4.99 Å². The molecule has 2 aliphatic heterocycles. The molecule has 4 heteroatoms. The summed E-state index contributed by atoms with van der Waals surface area (Å²) in [7, 11) is 0. The second-order valence-electron chi connectivity index (χ2n) is 5.36. The molecule has 0 aromatic rings. The highest BCUT2D eigenvalue weighted by atomic mass is 32.1. The number of fused-ring (bicyclic) bond motifs is 1. The number of rotatable bonds is 3. The van der Waals surface area contributed by atoms with Crippen LogP contribution in [0.15, 0.2) is 0 Å². The van der Waals surface area contributed by atoms with Gasteiger partial charge in [0, 0.05) is 37.6 Å². The van der Waals surface area contributed by atoms with Crippen LogP contribution in [0.2, 0.25) is 0 Å². The zero-order chi connectivity index (χ0) is 11.7. The van der Waals surface area contributed by atoms with Crippen molar-refractivity contribution >= 4 is 17.2 Å². The molecule has 0 aliphatic carbocycles. The average molecular weight is 241 g/mol. The lowest BCUT2D eigenvalue weighted by molar-refractivity contribution is 0.0352. The standard InChI is InChI=1S/C12H23N3S/c1-9(6-12(13)16)15-8-11-4-3-5-14(11)7-10(15)2/h9-11H,3-8H2,1-2H3,(H2,13,16). The van der Waals surface area contributed by atoms with Gasteiger partial charge in [-0.1, -0.05) is 12.2 Å². The number of hydrogen-bond donors (Lipinski definition) is 1. The van der Waals surface area contributed by atoms with Crippen LogP contribution in [0.3, 0.4) is 0 Å². The first-order valence-corrected chi connectivity index (χ1v) is 6.77. The number of piperazine rings is 1. The Kier molecular flexibility index (Phi) is 3.82. The molecular formula is C12H23N3S. The molecule has 0 amide bonds. The summed E-state index contributed by atoms with van der Waals surface area (Å²) in [5.74, 6) is 0. The monoisotopic (exact) mass is 241 g/mol. The van der Waals surface area contributed by atoms with Crippen LogP contribution in [0.4, 0.5) is 0 Å². The lowest BCUT2D eigenvalue weighted by Gasteiger charge is -2.45. The summed E-state index contributed by atoms with van der Waals surface area (Å²) in [6.45, 7) is 8.29. The summed E-state index contributed by atoms with van der Waals surface area (Å²) in [4.78, 5) is 5.88. The highest BCUT2D eigenvalue weighted by Gasteiger charge is 2.35. The summed E-state index contributed by atoms with van der Waals surface area (Å²) in [6.07, 6.45) is 3.59. The summed E-state index contributed by atoms with van der Waals surface area (Å²) >= 11 is 5.01. The van der Waals surface area contributed by atoms with Crippen molar-refractivity contribution in [3.8, 4) is 0 Å². The summed E-state index contributed by atoms with van der Waals surface area (Å²) in [6, 6.07) is 1.92. The van der Waals surface area contributed by atoms with Crippen molar-refractivity contribution in [3.63, 3.8) is 0 Å². The van der Waals surface area contributed by atoms with Gasteiger partial charge in [0.1, 0.15) is 0 Å². The smallest absolute Gasteiger partial charge is 0.0742 e. The Balaban J connectivity index is 1.96. The number of thiocarbonyl (C=S) groups is 1. The van der Waals surface area contributed by atoms with E-state index in [0.29, 0.717) is 17.1 Å². The molecule has 3 atom stereocenters. The number of hydrogen-bond acceptors (Lipinski definition) is 3. The molecule has 92 valence electrons. The Hall–Kier alpha value is -0.190. The number of nitrogens with zero attached hydrogens (tertiary/aromatic N) is 2. The largest absolute Gasteiger partial charge is 0.393 e. The molecule has 2 aliphatic rings. The average Bonchev–Trinajstić information content (AvgIpc) is 2.61. The van der Waals surface area contributed by atoms with E-state index in [2.05, 4.69) is 23.6 Å². The molecule has 2 rings (SSSR count). The van der Waals surface area contributed by atoms with Gasteiger partial charge in [-0.05, 0) is 33.2 Å². The maximum Gasteiger partial charge on any atom is 0.0742 e. The molecule has 0 spiro atoms. The highest BCUT2D eigenvalue weighted by Crippen LogP contribution is 2.26. The van der Waals surface area contributed by atoms with Gasteiger partial charge in [-0.2, -0.15) is 0 Å². The van der Waals surface area contributed by atoms with Crippen LogP contribution in [0.5, 0.6) is 0 Å². The van der Waals surface area contributed by atoms with Crippen molar-refractivity contribution in [1.82, 2.24) is 9.80 Å². The predicted octanol–water partition coefficient (Wildman–Crippen LogP) is 1.22. The fourth-order valence-electron chi connectivity index (χ4n) is 3.23. The predicted molar refractivity (Wildman–Crippen MR) is 71.6 cm³/mol. The molecule has 3 nitrogen and oxygen atoms in total. The summed E-state index contributed by atoms with van der Waals surface area (Å²) in [5, 5.41) is 0. The maximum atomic E-state index is 5.65. The van der Waals surface area contributed by atoms with Gasteiger partial charge in [-0.3, -0.25) is 9.80 Å². The molecule has 2 N–H and O–H groups in total. The van der Waals surface area contributed by atoms with E-state index in [9.17, 15) is 0 Å². The van der Waals surface area contributed by atoms with Gasteiger partial charge >= 0.3 is 0 Å². The molecule has 2 fully saturated rings. The van der Waals surface area contributed by atoms with Gasteiger partial charge in [0.25, 0.3) is 0 Å². The Morgan fingerprint density at radius 3 is 2.94 bits per heavy atom. The topological polar surface area (TPSA) is 32.5 Å². The lowest BCUT2D eigenvalue weighted by atomic mass is 10.0. The molecule has 2 heterocycles. The van der Waals surface area contributed by atoms with Gasteiger partial charge in [-0.25, -0.2) is 0 Å². The number of nitrogens with two attached hydrogens (primary N) is 1. The summed E-state index contributed by atoms with van der Waals surface area (Å²) in [5.41, 5.74) is 5.65. The van der Waals surface area contributed by atoms with Gasteiger partial charge in [-0.15, -0.1) is 0 Å². The van der Waals surface area contributed by atoms with Crippen LogP contribution < -0.4 is 5.73 Å². The molecular weight excluding hydrogens is 218 g/mol. The second kappa shape index (κ2) is 4.98. The highest BCUT2D eigenvalue weighted by molar-refractivity contribution is 7.80. The first-order chi connectivity index (χ1) is 7.58. The molecule has 0 aromatic carbocycles. The minimum atomic E-state index is 0.496. The Morgan fingerprint density at radius 1 is 1.50 bits per heavy atom. The van der Waals surface area contributed by atoms with E-state index in [1.165, 1.54) is 32.5 Å². The van der Waals surface area contributed by atoms with Crippen molar-refractivity contribution in [2.24, 2.45) is 5.73 Å². The minimum absolute atomic E-state index is 0.496. The van der Waals surface area contributed by atoms with Crippen molar-refractivity contribution in [2.75, 3.05) is 19.6 Å². The van der Waals surface area contributed by atoms with Crippen LogP contribution in [-0.4, -0.2) is 52.5 Å². The molecule has 3 unspecified atom stereocenters. The van der Waals surface area contributed by atoms with Gasteiger partial charge in [0.15, 0.2) is 0 Å². The third kappa shape index (κ3) is 2.55. The Labute approximate surface area is 104 Å². The summed E-state index contributed by atoms with van der Waals surface area (Å²) < 4.78 is 0. The fraction of sp³-hybridized carbons (Fsp3) is 0.917. The quantitative estimate of drug-likeness (QED) is 0.753. The Bertz CT molecular complexity index is 269. The third-order valence-electron chi connectivity index (χ3n) is 4.05. The molecule has 0 aromatic heterocycles. The van der Waals surface area contributed by atoms with Crippen LogP contribution in [-0.2, 0) is 0 Å². The van der Waals surface area contributed by atoms with E-state index in [-0.39, 0.29) is 0 Å². The second-order valence-corrected chi connectivity index (χ2v) is 5.88. The molecule has 0 radical (unpaired) electrons. The van der Waals surface area contributed by atoms with Crippen molar-refractivity contribution in [3.05, 3.63) is 0 Å². The van der Waals surface area contributed by atoms with E-state index in [1.54, 1.807) is 0 Å². The normalized spacial score (nSPS) is 33.6. The maximum absolute atomic E-state index is 5.65. The SMILES string of the molecule is CC(CC(N)=S)N1CC2CCCN2CC1C. The Morgan fingerprint density at radius 2 is 2.25 bits per heavy atom. The van der Waals surface area contributed by atoms with Crippen LogP contribution in [0, 0.1) is 0 Å². The lowest BCUT2D eigenvalue weighted by Crippen LogP contribution is -2.57. The van der Waals surface area contributed by atoms with E-state index in [0.717, 1.165) is 12.5 Å². The van der Waals surface area contributed by atoms with Gasteiger partial charge in [0.2, 0.25) is 0 Å². The molecule has 16 heavy (non-hydrogen) atoms.